The SMILES string of the molecule is C=CCN1CC2(CCN(C(=O)c3ccco3)CC2)OCC1=O. The molecule has 6 nitrogen and oxygen atoms in total. The molecule has 1 aromatic rings. The second-order valence-corrected chi connectivity index (χ2v) is 5.80. The van der Waals surface area contributed by atoms with Gasteiger partial charge in [0.05, 0.1) is 18.4 Å². The lowest BCUT2D eigenvalue weighted by Gasteiger charge is -2.46. The third-order valence-corrected chi connectivity index (χ3v) is 4.38. The van der Waals surface area contributed by atoms with Crippen molar-refractivity contribution in [1.82, 2.24) is 9.80 Å². The van der Waals surface area contributed by atoms with Crippen LogP contribution in [0.1, 0.15) is 23.4 Å². The molecule has 22 heavy (non-hydrogen) atoms. The molecule has 0 aliphatic carbocycles. The summed E-state index contributed by atoms with van der Waals surface area (Å²) in [6, 6.07) is 3.38. The first-order chi connectivity index (χ1) is 10.6. The maximum atomic E-state index is 12.3. The topological polar surface area (TPSA) is 63.0 Å². The van der Waals surface area contributed by atoms with Gasteiger partial charge < -0.3 is 19.0 Å². The van der Waals surface area contributed by atoms with Crippen LogP contribution < -0.4 is 0 Å². The van der Waals surface area contributed by atoms with E-state index in [1.165, 1.54) is 6.26 Å². The quantitative estimate of drug-likeness (QED) is 0.790. The summed E-state index contributed by atoms with van der Waals surface area (Å²) in [6.45, 7) is 6.12. The molecule has 6 heteroatoms. The highest BCUT2D eigenvalue weighted by Gasteiger charge is 2.42. The van der Waals surface area contributed by atoms with Crippen molar-refractivity contribution in [2.45, 2.75) is 18.4 Å². The van der Waals surface area contributed by atoms with Crippen LogP contribution in [0.4, 0.5) is 0 Å². The second-order valence-electron chi connectivity index (χ2n) is 5.80. The molecule has 3 rings (SSSR count). The smallest absolute Gasteiger partial charge is 0.289 e. The fourth-order valence-corrected chi connectivity index (χ4v) is 3.09. The number of carbonyl (C=O) groups is 2. The van der Waals surface area contributed by atoms with Crippen LogP contribution in [0.25, 0.3) is 0 Å². The van der Waals surface area contributed by atoms with Crippen LogP contribution in [0.15, 0.2) is 35.5 Å². The summed E-state index contributed by atoms with van der Waals surface area (Å²) in [5, 5.41) is 0. The average molecular weight is 304 g/mol. The molecule has 0 atom stereocenters. The van der Waals surface area contributed by atoms with Gasteiger partial charge in [0.15, 0.2) is 5.76 Å². The van der Waals surface area contributed by atoms with Gasteiger partial charge in [-0.05, 0) is 25.0 Å². The van der Waals surface area contributed by atoms with Gasteiger partial charge in [-0.1, -0.05) is 6.08 Å². The van der Waals surface area contributed by atoms with Crippen LogP contribution in [0.5, 0.6) is 0 Å². The highest BCUT2D eigenvalue weighted by atomic mass is 16.5. The largest absolute Gasteiger partial charge is 0.459 e. The van der Waals surface area contributed by atoms with Crippen molar-refractivity contribution in [3.8, 4) is 0 Å². The Morgan fingerprint density at radius 1 is 1.41 bits per heavy atom. The molecule has 3 heterocycles. The zero-order valence-corrected chi connectivity index (χ0v) is 12.5. The molecule has 0 N–H and O–H groups in total. The average Bonchev–Trinajstić information content (AvgIpc) is 3.06. The lowest BCUT2D eigenvalue weighted by molar-refractivity contribution is -0.169. The number of carbonyl (C=O) groups excluding carboxylic acids is 2. The Labute approximate surface area is 129 Å². The summed E-state index contributed by atoms with van der Waals surface area (Å²) in [6.07, 6.45) is 4.68. The van der Waals surface area contributed by atoms with Crippen LogP contribution in [0.3, 0.4) is 0 Å². The van der Waals surface area contributed by atoms with Crippen LogP contribution in [0, 0.1) is 0 Å². The van der Waals surface area contributed by atoms with Crippen LogP contribution in [-0.2, 0) is 9.53 Å². The van der Waals surface area contributed by atoms with Gasteiger partial charge in [0.2, 0.25) is 5.91 Å². The number of amides is 2. The predicted molar refractivity (Wildman–Crippen MR) is 79.3 cm³/mol. The van der Waals surface area contributed by atoms with Crippen molar-refractivity contribution in [2.24, 2.45) is 0 Å². The molecular formula is C16H20N2O4. The first kappa shape index (κ1) is 14.8. The molecule has 0 radical (unpaired) electrons. The number of rotatable bonds is 3. The fourth-order valence-electron chi connectivity index (χ4n) is 3.09. The van der Waals surface area contributed by atoms with E-state index < -0.39 is 0 Å². The van der Waals surface area contributed by atoms with E-state index in [0.29, 0.717) is 31.9 Å². The second kappa shape index (κ2) is 5.96. The molecule has 1 aromatic heterocycles. The fraction of sp³-hybridized carbons (Fsp3) is 0.500. The third kappa shape index (κ3) is 2.78. The van der Waals surface area contributed by atoms with Crippen molar-refractivity contribution in [3.05, 3.63) is 36.8 Å². The van der Waals surface area contributed by atoms with E-state index in [9.17, 15) is 9.59 Å². The van der Waals surface area contributed by atoms with Crippen molar-refractivity contribution in [1.29, 1.82) is 0 Å². The number of nitrogens with zero attached hydrogens (tertiary/aromatic N) is 2. The van der Waals surface area contributed by atoms with Gasteiger partial charge in [-0.3, -0.25) is 9.59 Å². The van der Waals surface area contributed by atoms with E-state index in [-0.39, 0.29) is 24.0 Å². The number of hydrogen-bond acceptors (Lipinski definition) is 4. The van der Waals surface area contributed by atoms with Crippen LogP contribution in [-0.4, -0.2) is 60.0 Å². The number of piperidine rings is 1. The summed E-state index contributed by atoms with van der Waals surface area (Å²) in [5.41, 5.74) is -0.336. The highest BCUT2D eigenvalue weighted by Crippen LogP contribution is 2.31. The minimum atomic E-state index is -0.336. The van der Waals surface area contributed by atoms with Crippen LogP contribution in [0.2, 0.25) is 0 Å². The maximum Gasteiger partial charge on any atom is 0.289 e. The summed E-state index contributed by atoms with van der Waals surface area (Å²) in [4.78, 5) is 27.6. The lowest BCUT2D eigenvalue weighted by Crippen LogP contribution is -2.59. The summed E-state index contributed by atoms with van der Waals surface area (Å²) >= 11 is 0. The summed E-state index contributed by atoms with van der Waals surface area (Å²) in [5.74, 6) is 0.276. The zero-order chi connectivity index (χ0) is 15.6. The zero-order valence-electron chi connectivity index (χ0n) is 12.5. The number of likely N-dealkylation sites (tertiary alicyclic amines) is 1. The van der Waals surface area contributed by atoms with Gasteiger partial charge in [0.25, 0.3) is 5.91 Å². The summed E-state index contributed by atoms with van der Waals surface area (Å²) < 4.78 is 11.0. The molecule has 2 aliphatic rings. The van der Waals surface area contributed by atoms with E-state index in [1.54, 1.807) is 28.0 Å². The molecule has 2 aliphatic heterocycles. The van der Waals surface area contributed by atoms with Crippen molar-refractivity contribution in [2.75, 3.05) is 32.8 Å². The number of furan rings is 1. The van der Waals surface area contributed by atoms with E-state index >= 15 is 0 Å². The normalized spacial score (nSPS) is 21.2. The van der Waals surface area contributed by atoms with Gasteiger partial charge >= 0.3 is 0 Å². The van der Waals surface area contributed by atoms with Crippen molar-refractivity contribution in [3.63, 3.8) is 0 Å². The highest BCUT2D eigenvalue weighted by molar-refractivity contribution is 5.91. The lowest BCUT2D eigenvalue weighted by atomic mass is 9.89. The minimum Gasteiger partial charge on any atom is -0.459 e. The van der Waals surface area contributed by atoms with E-state index in [2.05, 4.69) is 6.58 Å². The molecule has 2 amide bonds. The van der Waals surface area contributed by atoms with Crippen molar-refractivity contribution >= 4 is 11.8 Å². The maximum absolute atomic E-state index is 12.3. The Bertz CT molecular complexity index is 559. The Hall–Kier alpha value is -2.08. The molecule has 1 spiro atoms. The Balaban J connectivity index is 1.62. The first-order valence-corrected chi connectivity index (χ1v) is 7.49. The van der Waals surface area contributed by atoms with E-state index in [4.69, 9.17) is 9.15 Å². The molecule has 2 saturated heterocycles. The molecular weight excluding hydrogens is 284 g/mol. The first-order valence-electron chi connectivity index (χ1n) is 7.49. The Morgan fingerprint density at radius 3 is 2.82 bits per heavy atom. The van der Waals surface area contributed by atoms with E-state index in [1.807, 2.05) is 0 Å². The van der Waals surface area contributed by atoms with Gasteiger partial charge in [-0.15, -0.1) is 6.58 Å². The third-order valence-electron chi connectivity index (χ3n) is 4.38. The molecule has 2 fully saturated rings. The molecule has 0 saturated carbocycles. The van der Waals surface area contributed by atoms with Crippen LogP contribution >= 0.6 is 0 Å². The van der Waals surface area contributed by atoms with Gasteiger partial charge in [-0.25, -0.2) is 0 Å². The monoisotopic (exact) mass is 304 g/mol. The minimum absolute atomic E-state index is 0.000355. The molecule has 0 unspecified atom stereocenters. The number of morpholine rings is 1. The standard InChI is InChI=1S/C16H20N2O4/c1-2-7-18-12-16(22-11-14(18)19)5-8-17(9-6-16)15(20)13-4-3-10-21-13/h2-4,10H,1,5-9,11-12H2. The number of hydrogen-bond donors (Lipinski definition) is 0. The van der Waals surface area contributed by atoms with Gasteiger partial charge in [0, 0.05) is 19.6 Å². The Kier molecular flexibility index (Phi) is 4.02. The number of ether oxygens (including phenoxy) is 1. The molecule has 0 aromatic carbocycles. The Morgan fingerprint density at radius 2 is 2.18 bits per heavy atom. The van der Waals surface area contributed by atoms with Crippen molar-refractivity contribution < 1.29 is 18.7 Å². The van der Waals surface area contributed by atoms with Gasteiger partial charge in [-0.2, -0.15) is 0 Å². The molecule has 118 valence electrons. The predicted octanol–water partition coefficient (Wildman–Crippen LogP) is 1.30. The van der Waals surface area contributed by atoms with Gasteiger partial charge in [0.1, 0.15) is 6.61 Å². The van der Waals surface area contributed by atoms with E-state index in [0.717, 1.165) is 12.8 Å². The molecule has 0 bridgehead atoms. The summed E-state index contributed by atoms with van der Waals surface area (Å²) in [7, 11) is 0.